The third-order valence-corrected chi connectivity index (χ3v) is 0. The molecular weight excluding hydrogens is 79.0 g/mol. The van der Waals surface area contributed by atoms with Gasteiger partial charge in [-0.2, -0.15) is 9.90 Å². The zero-order valence-corrected chi connectivity index (χ0v) is 3.42. The van der Waals surface area contributed by atoms with Gasteiger partial charge in [0.2, 0.25) is 0 Å². The largest absolute Gasteiger partial charge is 0.221 e. The van der Waals surface area contributed by atoms with Crippen molar-refractivity contribution in [2.45, 2.75) is 0 Å². The van der Waals surface area contributed by atoms with Crippen molar-refractivity contribution in [1.82, 2.24) is 0 Å². The first kappa shape index (κ1) is 8.85. The molecule has 0 aliphatic heterocycles. The van der Waals surface area contributed by atoms with Crippen LogP contribution >= 0.6 is 9.90 Å². The molecule has 0 saturated carbocycles. The van der Waals surface area contributed by atoms with E-state index in [-0.39, 0.29) is 9.90 Å². The smallest absolute Gasteiger partial charge is 0.0737 e. The normalized spacial score (nSPS) is 4.50. The molecule has 4 heteroatoms. The van der Waals surface area contributed by atoms with Gasteiger partial charge in [0.15, 0.2) is 0 Å². The van der Waals surface area contributed by atoms with Crippen LogP contribution in [-0.2, 0) is 5.04 Å². The van der Waals surface area contributed by atoms with Crippen molar-refractivity contribution in [3.8, 4) is 0 Å². The molecule has 0 aliphatic rings. The number of hydrogen-bond donors (Lipinski definition) is 2. The molecule has 4 heavy (non-hydrogen) atoms. The van der Waals surface area contributed by atoms with E-state index in [0.717, 1.165) is 0 Å². The van der Waals surface area contributed by atoms with Gasteiger partial charge in [-0.3, -0.25) is 0 Å². The van der Waals surface area contributed by atoms with Crippen LogP contribution in [0.4, 0.5) is 0 Å². The van der Waals surface area contributed by atoms with E-state index >= 15 is 0 Å². The van der Waals surface area contributed by atoms with E-state index in [1.807, 2.05) is 0 Å². The molecule has 0 heterocycles. The number of hydrogen-bond acceptors (Lipinski definition) is 3. The van der Waals surface area contributed by atoms with Crippen molar-refractivity contribution in [1.29, 1.82) is 0 Å². The molecule has 0 radical (unpaired) electrons. The van der Waals surface area contributed by atoms with Crippen LogP contribution in [0.3, 0.4) is 0 Å². The lowest BCUT2D eigenvalue weighted by Crippen LogP contribution is -1.60. The van der Waals surface area contributed by atoms with Gasteiger partial charge >= 0.3 is 0 Å². The summed E-state index contributed by atoms with van der Waals surface area (Å²) in [5.74, 6) is 0. The molecule has 0 spiro atoms. The van der Waals surface area contributed by atoms with Gasteiger partial charge in [-0.05, 0) is 0 Å². The molecule has 0 aromatic carbocycles. The fourth-order valence-electron chi connectivity index (χ4n) is 0. The summed E-state index contributed by atoms with van der Waals surface area (Å²) >= 11 is 0. The van der Waals surface area contributed by atoms with E-state index in [2.05, 4.69) is 5.04 Å². The summed E-state index contributed by atoms with van der Waals surface area (Å²) in [7, 11) is 0. The molecule has 1 atom stereocenters. The van der Waals surface area contributed by atoms with Gasteiger partial charge in [-0.1, -0.05) is 5.04 Å². The van der Waals surface area contributed by atoms with Crippen molar-refractivity contribution in [2.75, 3.05) is 0 Å². The summed E-state index contributed by atoms with van der Waals surface area (Å²) in [5, 5.41) is 15.5. The molecule has 0 fully saturated rings. The maximum Gasteiger partial charge on any atom is -0.0737 e. The van der Waals surface area contributed by atoms with E-state index in [9.17, 15) is 0 Å². The fraction of sp³-hybridized carbons (Fsp3) is 0. The topological polar surface area (TPSA) is 49.7 Å². The molecule has 0 aromatic heterocycles. The molecule has 0 amide bonds. The predicted octanol–water partition coefficient (Wildman–Crippen LogP) is 0.00710. The molecule has 28 valence electrons. The Kier molecular flexibility index (Phi) is 22.8. The Balaban J connectivity index is 0. The second kappa shape index (κ2) is 10.3. The maximum absolute atomic E-state index is 6.62. The first-order chi connectivity index (χ1) is 1.41. The molecule has 0 bridgehead atoms. The van der Waals surface area contributed by atoms with Crippen molar-refractivity contribution in [3.05, 3.63) is 0 Å². The van der Waals surface area contributed by atoms with E-state index in [0.29, 0.717) is 0 Å². The quantitative estimate of drug-likeness (QED) is 0.247. The molecule has 0 aromatic rings. The monoisotopic (exact) mass is 84.0 g/mol. The van der Waals surface area contributed by atoms with Gasteiger partial charge in [0.25, 0.3) is 0 Å². The average Bonchev–Trinajstić information content (AvgIpc) is 0.918. The Morgan fingerprint density at radius 2 is 1.25 bits per heavy atom. The highest BCUT2D eigenvalue weighted by Crippen LogP contribution is 1.24. The first-order valence-corrected chi connectivity index (χ1v) is 0.365. The van der Waals surface area contributed by atoms with Crippen LogP contribution < -0.4 is 0 Å². The van der Waals surface area contributed by atoms with Gasteiger partial charge in [-0.15, -0.1) is 0 Å². The lowest BCUT2D eigenvalue weighted by Gasteiger charge is -1.56. The van der Waals surface area contributed by atoms with E-state index < -0.39 is 0 Å². The molecule has 2 N–H and O–H groups in total. The molecule has 0 rings (SSSR count). The minimum absolute atomic E-state index is 0. The van der Waals surface area contributed by atoms with Crippen LogP contribution in [0.1, 0.15) is 0 Å². The summed E-state index contributed by atoms with van der Waals surface area (Å²) in [4.78, 5) is 0. The Labute approximate surface area is 26.7 Å². The van der Waals surface area contributed by atoms with Crippen LogP contribution in [0.2, 0.25) is 0 Å². The first-order valence-electron chi connectivity index (χ1n) is 0.365. The van der Waals surface area contributed by atoms with Crippen LogP contribution in [0.25, 0.3) is 0 Å². The molecule has 1 unspecified atom stereocenters. The second-order valence-corrected chi connectivity index (χ2v) is 0.0816. The third-order valence-electron chi connectivity index (χ3n) is 0. The lowest BCUT2D eigenvalue weighted by atomic mass is 14.6. The number of rotatable bonds is 0. The Bertz CT molecular complexity index is 3.25. The summed E-state index contributed by atoms with van der Waals surface area (Å²) in [6.45, 7) is 0. The van der Waals surface area contributed by atoms with Gasteiger partial charge in [-0.25, -0.2) is 10.5 Å². The van der Waals surface area contributed by atoms with Crippen LogP contribution in [-0.4, -0.2) is 10.5 Å². The summed E-state index contributed by atoms with van der Waals surface area (Å²) in [5.41, 5.74) is 0. The predicted molar refractivity (Wildman–Crippen MR) is 17.4 cm³/mol. The van der Waals surface area contributed by atoms with E-state index in [1.54, 1.807) is 0 Å². The average molecular weight is 84.0 g/mol. The van der Waals surface area contributed by atoms with Crippen molar-refractivity contribution < 1.29 is 15.6 Å². The van der Waals surface area contributed by atoms with Crippen molar-refractivity contribution >= 4 is 9.90 Å². The third kappa shape index (κ3) is 41.3. The van der Waals surface area contributed by atoms with Crippen molar-refractivity contribution in [2.24, 2.45) is 0 Å². The van der Waals surface area contributed by atoms with E-state index in [4.69, 9.17) is 10.5 Å². The standard InChI is InChI=1S/H2O3.H3P/c1-3-2;/h1-2H;1H3. The molecule has 3 nitrogen and oxygen atoms in total. The summed E-state index contributed by atoms with van der Waals surface area (Å²) in [6.07, 6.45) is 0. The molecule has 0 aliphatic carbocycles. The Morgan fingerprint density at radius 1 is 1.25 bits per heavy atom. The minimum atomic E-state index is 0. The van der Waals surface area contributed by atoms with Crippen LogP contribution in [0.15, 0.2) is 0 Å². The van der Waals surface area contributed by atoms with Crippen LogP contribution in [0.5, 0.6) is 0 Å². The zero-order valence-electron chi connectivity index (χ0n) is 2.01. The fourth-order valence-corrected chi connectivity index (χ4v) is 0. The van der Waals surface area contributed by atoms with Gasteiger partial charge < -0.3 is 0 Å². The summed E-state index contributed by atoms with van der Waals surface area (Å²) in [6, 6.07) is 0. The van der Waals surface area contributed by atoms with Crippen LogP contribution in [0, 0.1) is 0 Å². The van der Waals surface area contributed by atoms with Crippen molar-refractivity contribution in [3.63, 3.8) is 0 Å². The second-order valence-electron chi connectivity index (χ2n) is 0.0816. The maximum atomic E-state index is 6.62. The van der Waals surface area contributed by atoms with Gasteiger partial charge in [0.05, 0.1) is 0 Å². The van der Waals surface area contributed by atoms with Gasteiger partial charge in [0, 0.05) is 0 Å². The highest BCUT2D eigenvalue weighted by atomic mass is 31.0. The highest BCUT2D eigenvalue weighted by molar-refractivity contribution is 6.92. The van der Waals surface area contributed by atoms with E-state index in [1.165, 1.54) is 0 Å². The van der Waals surface area contributed by atoms with Gasteiger partial charge in [0.1, 0.15) is 0 Å². The Hall–Kier alpha value is 0.310. The lowest BCUT2D eigenvalue weighted by molar-refractivity contribution is -0.465. The molecule has 0 saturated heterocycles. The molecular formula is H5O3P. The highest BCUT2D eigenvalue weighted by Gasteiger charge is 1.27. The zero-order chi connectivity index (χ0) is 2.71. The Morgan fingerprint density at radius 3 is 1.25 bits per heavy atom. The SMILES string of the molecule is OOO.P. The minimum Gasteiger partial charge on any atom is -0.221 e. The summed E-state index contributed by atoms with van der Waals surface area (Å²) < 4.78 is 0.